The molecule has 0 spiro atoms. The third-order valence-electron chi connectivity index (χ3n) is 3.17. The summed E-state index contributed by atoms with van der Waals surface area (Å²) in [6, 6.07) is 0. The topological polar surface area (TPSA) is 55.8 Å². The smallest absolute Gasteiger partial charge is 0.308 e. The van der Waals surface area contributed by atoms with Crippen molar-refractivity contribution in [3.63, 3.8) is 0 Å². The second-order valence-corrected chi connectivity index (χ2v) is 4.65. The highest BCUT2D eigenvalue weighted by Gasteiger charge is 2.45. The minimum absolute atomic E-state index is 0.0694. The second kappa shape index (κ2) is 4.10. The molecule has 0 aromatic heterocycles. The van der Waals surface area contributed by atoms with Gasteiger partial charge in [0.1, 0.15) is 0 Å². The summed E-state index contributed by atoms with van der Waals surface area (Å²) in [6.07, 6.45) is 5.70. The zero-order chi connectivity index (χ0) is 10.9. The van der Waals surface area contributed by atoms with Gasteiger partial charge in [0.05, 0.1) is 18.6 Å². The highest BCUT2D eigenvalue weighted by atomic mass is 16.8. The van der Waals surface area contributed by atoms with Gasteiger partial charge < -0.3 is 14.6 Å². The molecule has 2 aliphatic rings. The van der Waals surface area contributed by atoms with Gasteiger partial charge in [0.2, 0.25) is 0 Å². The summed E-state index contributed by atoms with van der Waals surface area (Å²) in [5.41, 5.74) is 0. The van der Waals surface area contributed by atoms with Crippen LogP contribution in [0, 0.1) is 0 Å². The van der Waals surface area contributed by atoms with E-state index in [1.165, 1.54) is 6.42 Å². The quantitative estimate of drug-likeness (QED) is 0.763. The molecule has 2 fully saturated rings. The number of carboxylic acid groups (broad SMARTS) is 1. The monoisotopic (exact) mass is 214 g/mol. The summed E-state index contributed by atoms with van der Waals surface area (Å²) < 4.78 is 11.5. The lowest BCUT2D eigenvalue weighted by molar-refractivity contribution is -0.181. The molecule has 4 nitrogen and oxygen atoms in total. The third-order valence-corrected chi connectivity index (χ3v) is 3.17. The number of hydrogen-bond acceptors (Lipinski definition) is 3. The summed E-state index contributed by atoms with van der Waals surface area (Å²) in [4.78, 5) is 10.7. The van der Waals surface area contributed by atoms with Gasteiger partial charge in [-0.05, 0) is 19.8 Å². The molecule has 1 heterocycles. The van der Waals surface area contributed by atoms with Crippen LogP contribution in [0.5, 0.6) is 0 Å². The summed E-state index contributed by atoms with van der Waals surface area (Å²) in [7, 11) is 0. The van der Waals surface area contributed by atoms with Crippen LogP contribution in [-0.4, -0.2) is 29.1 Å². The average Bonchev–Trinajstić information content (AvgIpc) is 2.30. The summed E-state index contributed by atoms with van der Waals surface area (Å²) >= 11 is 0. The Morgan fingerprint density at radius 1 is 1.27 bits per heavy atom. The van der Waals surface area contributed by atoms with E-state index >= 15 is 0 Å². The van der Waals surface area contributed by atoms with E-state index in [2.05, 4.69) is 0 Å². The van der Waals surface area contributed by atoms with Crippen molar-refractivity contribution in [3.8, 4) is 0 Å². The zero-order valence-electron chi connectivity index (χ0n) is 9.07. The molecule has 1 aliphatic carbocycles. The van der Waals surface area contributed by atoms with Crippen LogP contribution in [0.1, 0.15) is 45.4 Å². The lowest BCUT2D eigenvalue weighted by atomic mass is 10.1. The Kier molecular flexibility index (Phi) is 2.98. The van der Waals surface area contributed by atoms with Crippen LogP contribution in [0.4, 0.5) is 0 Å². The van der Waals surface area contributed by atoms with Crippen molar-refractivity contribution in [1.82, 2.24) is 0 Å². The van der Waals surface area contributed by atoms with Crippen LogP contribution in [0.15, 0.2) is 0 Å². The Bertz CT molecular complexity index is 237. The van der Waals surface area contributed by atoms with Crippen LogP contribution in [0.3, 0.4) is 0 Å². The van der Waals surface area contributed by atoms with Gasteiger partial charge in [-0.2, -0.15) is 0 Å². The molecular weight excluding hydrogens is 196 g/mol. The molecule has 3 atom stereocenters. The Labute approximate surface area is 89.6 Å². The first-order valence-electron chi connectivity index (χ1n) is 5.66. The van der Waals surface area contributed by atoms with E-state index in [1.54, 1.807) is 6.92 Å². The van der Waals surface area contributed by atoms with Crippen molar-refractivity contribution >= 4 is 5.97 Å². The van der Waals surface area contributed by atoms with Gasteiger partial charge >= 0.3 is 5.97 Å². The van der Waals surface area contributed by atoms with Crippen LogP contribution in [-0.2, 0) is 14.3 Å². The molecule has 1 saturated heterocycles. The van der Waals surface area contributed by atoms with Crippen LogP contribution >= 0.6 is 0 Å². The highest BCUT2D eigenvalue weighted by Crippen LogP contribution is 2.37. The van der Waals surface area contributed by atoms with Crippen molar-refractivity contribution in [2.75, 3.05) is 0 Å². The van der Waals surface area contributed by atoms with Crippen molar-refractivity contribution in [1.29, 1.82) is 0 Å². The molecule has 0 aromatic rings. The number of carboxylic acids is 1. The van der Waals surface area contributed by atoms with Gasteiger partial charge in [-0.15, -0.1) is 0 Å². The normalized spacial score (nSPS) is 40.9. The van der Waals surface area contributed by atoms with Gasteiger partial charge in [-0.3, -0.25) is 4.79 Å². The fourth-order valence-electron chi connectivity index (χ4n) is 2.54. The van der Waals surface area contributed by atoms with Gasteiger partial charge in [0, 0.05) is 0 Å². The van der Waals surface area contributed by atoms with Crippen molar-refractivity contribution in [3.05, 3.63) is 0 Å². The molecule has 0 bridgehead atoms. The van der Waals surface area contributed by atoms with Crippen molar-refractivity contribution in [2.45, 2.75) is 63.4 Å². The molecule has 1 unspecified atom stereocenters. The fourth-order valence-corrected chi connectivity index (χ4v) is 2.54. The van der Waals surface area contributed by atoms with Gasteiger partial charge in [0.25, 0.3) is 0 Å². The van der Waals surface area contributed by atoms with Crippen molar-refractivity contribution in [2.24, 2.45) is 0 Å². The first-order chi connectivity index (χ1) is 7.09. The maximum Gasteiger partial charge on any atom is 0.308 e. The Balaban J connectivity index is 2.00. The average molecular weight is 214 g/mol. The Hall–Kier alpha value is -0.610. The van der Waals surface area contributed by atoms with E-state index in [9.17, 15) is 4.79 Å². The van der Waals surface area contributed by atoms with Gasteiger partial charge in [-0.1, -0.05) is 19.3 Å². The SMILES string of the molecule is CC1(CC(=O)O)O[C@H]2CCCCC[C@H]2O1. The molecule has 0 aromatic carbocycles. The number of aliphatic carboxylic acids is 1. The lowest BCUT2D eigenvalue weighted by Gasteiger charge is -2.21. The van der Waals surface area contributed by atoms with Gasteiger partial charge in [-0.25, -0.2) is 0 Å². The van der Waals surface area contributed by atoms with E-state index < -0.39 is 11.8 Å². The maximum absolute atomic E-state index is 10.7. The van der Waals surface area contributed by atoms with Crippen molar-refractivity contribution < 1.29 is 19.4 Å². The molecule has 15 heavy (non-hydrogen) atoms. The predicted octanol–water partition coefficient (Wildman–Crippen LogP) is 1.93. The molecule has 1 N–H and O–H groups in total. The Morgan fingerprint density at radius 3 is 2.27 bits per heavy atom. The Morgan fingerprint density at radius 2 is 1.80 bits per heavy atom. The van der Waals surface area contributed by atoms with E-state index in [0.29, 0.717) is 0 Å². The molecule has 0 amide bonds. The number of fused-ring (bicyclic) bond motifs is 1. The molecular formula is C11H18O4. The summed E-state index contributed by atoms with van der Waals surface area (Å²) in [5, 5.41) is 8.77. The zero-order valence-corrected chi connectivity index (χ0v) is 9.07. The standard InChI is InChI=1S/C11H18O4/c1-11(7-10(12)13)14-8-5-3-2-4-6-9(8)15-11/h8-9H,2-7H2,1H3,(H,12,13)/t8-,9+,11?. The molecule has 2 rings (SSSR count). The molecule has 86 valence electrons. The van der Waals surface area contributed by atoms with Gasteiger partial charge in [0.15, 0.2) is 5.79 Å². The van der Waals surface area contributed by atoms with Crippen LogP contribution < -0.4 is 0 Å². The molecule has 0 radical (unpaired) electrons. The first-order valence-corrected chi connectivity index (χ1v) is 5.66. The van der Waals surface area contributed by atoms with E-state index in [-0.39, 0.29) is 18.6 Å². The summed E-state index contributed by atoms with van der Waals surface area (Å²) in [5.74, 6) is -1.77. The minimum Gasteiger partial charge on any atom is -0.481 e. The minimum atomic E-state index is -0.904. The van der Waals surface area contributed by atoms with Crippen LogP contribution in [0.2, 0.25) is 0 Å². The van der Waals surface area contributed by atoms with E-state index in [0.717, 1.165) is 25.7 Å². The fraction of sp³-hybridized carbons (Fsp3) is 0.909. The number of carbonyl (C=O) groups is 1. The second-order valence-electron chi connectivity index (χ2n) is 4.65. The number of ether oxygens (including phenoxy) is 2. The predicted molar refractivity (Wildman–Crippen MR) is 53.5 cm³/mol. The summed E-state index contributed by atoms with van der Waals surface area (Å²) in [6.45, 7) is 1.73. The first kappa shape index (κ1) is 10.9. The third kappa shape index (κ3) is 2.49. The molecule has 1 saturated carbocycles. The molecule has 1 aliphatic heterocycles. The lowest BCUT2D eigenvalue weighted by Crippen LogP contribution is -2.30. The van der Waals surface area contributed by atoms with E-state index in [4.69, 9.17) is 14.6 Å². The number of hydrogen-bond donors (Lipinski definition) is 1. The van der Waals surface area contributed by atoms with Crippen LogP contribution in [0.25, 0.3) is 0 Å². The highest BCUT2D eigenvalue weighted by molar-refractivity contribution is 5.67. The molecule has 4 heteroatoms. The maximum atomic E-state index is 10.7. The largest absolute Gasteiger partial charge is 0.481 e. The number of rotatable bonds is 2. The van der Waals surface area contributed by atoms with E-state index in [1.807, 2.05) is 0 Å².